The second kappa shape index (κ2) is 6.61. The molecule has 0 fully saturated rings. The Morgan fingerprint density at radius 3 is 2.95 bits per heavy atom. The first-order valence-electron chi connectivity index (χ1n) is 6.44. The minimum atomic E-state index is -0.638. The number of ether oxygens (including phenoxy) is 1. The zero-order chi connectivity index (χ0) is 13.8. The molecule has 0 amide bonds. The normalized spacial score (nSPS) is 23.2. The van der Waals surface area contributed by atoms with E-state index in [1.807, 2.05) is 13.1 Å². The zero-order valence-corrected chi connectivity index (χ0v) is 12.1. The van der Waals surface area contributed by atoms with E-state index in [1.165, 1.54) is 11.1 Å². The number of methoxy groups -OCH3 is 1. The molecule has 1 aromatic carbocycles. The van der Waals surface area contributed by atoms with Gasteiger partial charge < -0.3 is 20.3 Å². The average molecular weight is 283 g/mol. The Morgan fingerprint density at radius 1 is 1.53 bits per heavy atom. The number of hydrogen-bond acceptors (Lipinski definition) is 5. The van der Waals surface area contributed by atoms with E-state index in [-0.39, 0.29) is 12.6 Å². The van der Waals surface area contributed by atoms with Crippen molar-refractivity contribution in [3.8, 4) is 5.75 Å². The summed E-state index contributed by atoms with van der Waals surface area (Å²) < 4.78 is 5.28. The van der Waals surface area contributed by atoms with Gasteiger partial charge in [0, 0.05) is 17.0 Å². The highest BCUT2D eigenvalue weighted by molar-refractivity contribution is 8.00. The van der Waals surface area contributed by atoms with E-state index in [1.54, 1.807) is 18.9 Å². The van der Waals surface area contributed by atoms with Crippen LogP contribution in [0.3, 0.4) is 0 Å². The van der Waals surface area contributed by atoms with Crippen molar-refractivity contribution >= 4 is 11.8 Å². The van der Waals surface area contributed by atoms with Gasteiger partial charge >= 0.3 is 0 Å². The van der Waals surface area contributed by atoms with Crippen molar-refractivity contribution in [1.29, 1.82) is 0 Å². The molecule has 1 aromatic rings. The number of nitrogens with one attached hydrogen (secondary N) is 1. The molecule has 0 saturated carbocycles. The maximum Gasteiger partial charge on any atom is 0.119 e. The number of benzene rings is 1. The van der Waals surface area contributed by atoms with Gasteiger partial charge in [0.1, 0.15) is 5.75 Å². The topological polar surface area (TPSA) is 61.7 Å². The lowest BCUT2D eigenvalue weighted by molar-refractivity contribution is 0.113. The standard InChI is InChI=1S/C14H21NO3S/c1-15-14-12-6-11(18-2)4-3-9(12)5-13(14)19-8-10(17)7-16/h3-4,6,10,13-17H,5,7-8H2,1-2H3. The molecule has 1 aliphatic carbocycles. The van der Waals surface area contributed by atoms with Gasteiger partial charge in [-0.15, -0.1) is 0 Å². The SMILES string of the molecule is CNC1c2cc(OC)ccc2CC1SCC(O)CO. The molecular formula is C14H21NO3S. The Labute approximate surface area is 118 Å². The molecule has 106 valence electrons. The fourth-order valence-electron chi connectivity index (χ4n) is 2.49. The van der Waals surface area contributed by atoms with Crippen LogP contribution in [-0.2, 0) is 6.42 Å². The number of aliphatic hydroxyl groups is 2. The summed E-state index contributed by atoms with van der Waals surface area (Å²) in [6.07, 6.45) is 0.342. The Morgan fingerprint density at radius 2 is 2.32 bits per heavy atom. The van der Waals surface area contributed by atoms with Gasteiger partial charge in [-0.05, 0) is 36.7 Å². The van der Waals surface area contributed by atoms with Crippen molar-refractivity contribution in [2.24, 2.45) is 0 Å². The third-order valence-electron chi connectivity index (χ3n) is 3.51. The first kappa shape index (κ1) is 14.7. The third kappa shape index (κ3) is 3.23. The number of rotatable bonds is 6. The van der Waals surface area contributed by atoms with Gasteiger partial charge in [-0.3, -0.25) is 0 Å². The van der Waals surface area contributed by atoms with Crippen molar-refractivity contribution in [3.05, 3.63) is 29.3 Å². The van der Waals surface area contributed by atoms with Crippen molar-refractivity contribution in [3.63, 3.8) is 0 Å². The molecular weight excluding hydrogens is 262 g/mol. The molecule has 3 N–H and O–H groups in total. The van der Waals surface area contributed by atoms with Gasteiger partial charge in [-0.1, -0.05) is 6.07 Å². The summed E-state index contributed by atoms with van der Waals surface area (Å²) in [5, 5.41) is 22.1. The lowest BCUT2D eigenvalue weighted by Gasteiger charge is -2.20. The smallest absolute Gasteiger partial charge is 0.119 e. The van der Waals surface area contributed by atoms with E-state index < -0.39 is 6.10 Å². The molecule has 0 spiro atoms. The Bertz CT molecular complexity index is 427. The van der Waals surface area contributed by atoms with Crippen LogP contribution < -0.4 is 10.1 Å². The number of aliphatic hydroxyl groups excluding tert-OH is 2. The van der Waals surface area contributed by atoms with E-state index in [9.17, 15) is 5.11 Å². The molecule has 0 heterocycles. The van der Waals surface area contributed by atoms with Crippen LogP contribution in [0.5, 0.6) is 5.75 Å². The zero-order valence-electron chi connectivity index (χ0n) is 11.3. The molecule has 2 rings (SSSR count). The third-order valence-corrected chi connectivity index (χ3v) is 4.95. The van der Waals surface area contributed by atoms with E-state index >= 15 is 0 Å². The highest BCUT2D eigenvalue weighted by atomic mass is 32.2. The highest BCUT2D eigenvalue weighted by Crippen LogP contribution is 2.40. The summed E-state index contributed by atoms with van der Waals surface area (Å²) in [5.41, 5.74) is 2.61. The molecule has 0 aromatic heterocycles. The van der Waals surface area contributed by atoms with Crippen molar-refractivity contribution in [2.45, 2.75) is 23.8 Å². The van der Waals surface area contributed by atoms with Crippen LogP contribution in [0, 0.1) is 0 Å². The van der Waals surface area contributed by atoms with E-state index in [0.29, 0.717) is 11.0 Å². The Hall–Kier alpha value is -0.750. The molecule has 3 atom stereocenters. The van der Waals surface area contributed by atoms with E-state index in [4.69, 9.17) is 9.84 Å². The van der Waals surface area contributed by atoms with E-state index in [2.05, 4.69) is 17.4 Å². The summed E-state index contributed by atoms with van der Waals surface area (Å²) in [7, 11) is 3.63. The molecule has 0 aliphatic heterocycles. The van der Waals surface area contributed by atoms with Crippen LogP contribution in [0.2, 0.25) is 0 Å². The van der Waals surface area contributed by atoms with Gasteiger partial charge in [0.05, 0.1) is 19.8 Å². The van der Waals surface area contributed by atoms with Crippen LogP contribution in [0.1, 0.15) is 17.2 Å². The number of fused-ring (bicyclic) bond motifs is 1. The lowest BCUT2D eigenvalue weighted by atomic mass is 10.1. The van der Waals surface area contributed by atoms with Crippen LogP contribution >= 0.6 is 11.8 Å². The van der Waals surface area contributed by atoms with Crippen LogP contribution in [0.15, 0.2) is 18.2 Å². The molecule has 0 saturated heterocycles. The van der Waals surface area contributed by atoms with Crippen LogP contribution in [-0.4, -0.2) is 48.1 Å². The van der Waals surface area contributed by atoms with Gasteiger partial charge in [0.15, 0.2) is 0 Å². The monoisotopic (exact) mass is 283 g/mol. The quantitative estimate of drug-likeness (QED) is 0.726. The summed E-state index contributed by atoms with van der Waals surface area (Å²) >= 11 is 1.71. The second-order valence-corrected chi connectivity index (χ2v) is 6.02. The summed E-state index contributed by atoms with van der Waals surface area (Å²) in [5.74, 6) is 1.44. The van der Waals surface area contributed by atoms with Crippen molar-refractivity contribution in [1.82, 2.24) is 5.32 Å². The van der Waals surface area contributed by atoms with Crippen molar-refractivity contribution in [2.75, 3.05) is 26.5 Å². The molecule has 5 heteroatoms. The second-order valence-electron chi connectivity index (χ2n) is 4.74. The predicted molar refractivity (Wildman–Crippen MR) is 77.8 cm³/mol. The highest BCUT2D eigenvalue weighted by Gasteiger charge is 2.32. The first-order chi connectivity index (χ1) is 9.19. The maximum absolute atomic E-state index is 9.47. The van der Waals surface area contributed by atoms with Crippen LogP contribution in [0.25, 0.3) is 0 Å². The summed E-state index contributed by atoms with van der Waals surface area (Å²) in [6.45, 7) is -0.176. The Balaban J connectivity index is 2.09. The lowest BCUT2D eigenvalue weighted by Crippen LogP contribution is -2.26. The molecule has 4 nitrogen and oxygen atoms in total. The molecule has 3 unspecified atom stereocenters. The largest absolute Gasteiger partial charge is 0.497 e. The molecule has 0 bridgehead atoms. The minimum Gasteiger partial charge on any atom is -0.497 e. The predicted octanol–water partition coefficient (Wildman–Crippen LogP) is 0.967. The fourth-order valence-corrected chi connectivity index (χ4v) is 3.84. The van der Waals surface area contributed by atoms with Gasteiger partial charge in [0.2, 0.25) is 0 Å². The van der Waals surface area contributed by atoms with Crippen molar-refractivity contribution < 1.29 is 14.9 Å². The average Bonchev–Trinajstić information content (AvgIpc) is 2.80. The summed E-state index contributed by atoms with van der Waals surface area (Å²) in [6, 6.07) is 6.45. The van der Waals surface area contributed by atoms with Gasteiger partial charge in [-0.25, -0.2) is 0 Å². The Kier molecular flexibility index (Phi) is 5.10. The minimum absolute atomic E-state index is 0.176. The van der Waals surface area contributed by atoms with Gasteiger partial charge in [-0.2, -0.15) is 11.8 Å². The fraction of sp³-hybridized carbons (Fsp3) is 0.571. The first-order valence-corrected chi connectivity index (χ1v) is 7.49. The number of thioether (sulfide) groups is 1. The maximum atomic E-state index is 9.47. The molecule has 1 aliphatic rings. The van der Waals surface area contributed by atoms with Crippen LogP contribution in [0.4, 0.5) is 0 Å². The molecule has 0 radical (unpaired) electrons. The molecule has 19 heavy (non-hydrogen) atoms. The van der Waals surface area contributed by atoms with Gasteiger partial charge in [0.25, 0.3) is 0 Å². The van der Waals surface area contributed by atoms with E-state index in [0.717, 1.165) is 12.2 Å². The summed E-state index contributed by atoms with van der Waals surface area (Å²) in [4.78, 5) is 0. The number of hydrogen-bond donors (Lipinski definition) is 3.